The Kier molecular flexibility index (Phi) is 8.67. The van der Waals surface area contributed by atoms with E-state index in [-0.39, 0.29) is 35.8 Å². The van der Waals surface area contributed by atoms with E-state index in [1.807, 2.05) is 0 Å². The zero-order valence-electron chi connectivity index (χ0n) is 18.5. The van der Waals surface area contributed by atoms with Crippen molar-refractivity contribution in [3.05, 3.63) is 71.3 Å². The monoisotopic (exact) mass is 546 g/mol. The number of amides is 2. The van der Waals surface area contributed by atoms with Crippen LogP contribution in [0.2, 0.25) is 0 Å². The lowest BCUT2D eigenvalue weighted by atomic mass is 9.99. The molecule has 4 rings (SSSR count). The van der Waals surface area contributed by atoms with Crippen LogP contribution < -0.4 is 5.32 Å². The second-order valence-corrected chi connectivity index (χ2v) is 8.09. The number of guanidine groups is 1. The maximum atomic E-state index is 12.4. The lowest BCUT2D eigenvalue weighted by molar-refractivity contribution is 0.0652. The second-order valence-electron chi connectivity index (χ2n) is 8.09. The van der Waals surface area contributed by atoms with Crippen LogP contribution in [-0.4, -0.2) is 60.3 Å². The molecule has 6 nitrogen and oxygen atoms in total. The number of carbonyl (C=O) groups excluding carboxylic acids is 2. The van der Waals surface area contributed by atoms with E-state index in [9.17, 15) is 9.59 Å². The van der Waals surface area contributed by atoms with Gasteiger partial charge in [-0.2, -0.15) is 0 Å². The van der Waals surface area contributed by atoms with Crippen molar-refractivity contribution in [3.8, 4) is 0 Å². The highest BCUT2D eigenvalue weighted by Crippen LogP contribution is 2.27. The molecule has 0 saturated carbocycles. The Hall–Kier alpha value is -2.42. The van der Waals surface area contributed by atoms with Gasteiger partial charge in [0.1, 0.15) is 0 Å². The molecule has 7 heteroatoms. The summed E-state index contributed by atoms with van der Waals surface area (Å²) in [5.41, 5.74) is 2.42. The van der Waals surface area contributed by atoms with Crippen LogP contribution in [0.3, 0.4) is 0 Å². The number of nitrogens with one attached hydrogen (secondary N) is 1. The summed E-state index contributed by atoms with van der Waals surface area (Å²) in [5.74, 6) is 1.14. The van der Waals surface area contributed by atoms with Crippen molar-refractivity contribution in [2.45, 2.75) is 32.1 Å². The van der Waals surface area contributed by atoms with E-state index in [4.69, 9.17) is 4.99 Å². The lowest BCUT2D eigenvalue weighted by Crippen LogP contribution is -2.40. The standard InChI is InChI=1S/C25H30N4O2.HI/c1-2-26-25(28-17-14-20(18-28)19-10-4-3-5-11-19)27-15-8-9-16-29-23(30)21-12-6-7-13-22(21)24(29)31;/h3-7,10-13,20H,2,8-9,14-18H2,1H3,(H,26,27);1H. The fourth-order valence-electron chi connectivity index (χ4n) is 4.38. The molecule has 0 aliphatic carbocycles. The Morgan fingerprint density at radius 3 is 2.31 bits per heavy atom. The van der Waals surface area contributed by atoms with Crippen LogP contribution in [0.25, 0.3) is 0 Å². The summed E-state index contributed by atoms with van der Waals surface area (Å²) in [6.07, 6.45) is 2.72. The van der Waals surface area contributed by atoms with Crippen molar-refractivity contribution < 1.29 is 9.59 Å². The number of carbonyl (C=O) groups is 2. The summed E-state index contributed by atoms with van der Waals surface area (Å²) in [5, 5.41) is 3.41. The van der Waals surface area contributed by atoms with Gasteiger partial charge in [0.25, 0.3) is 11.8 Å². The van der Waals surface area contributed by atoms with Gasteiger partial charge in [0.15, 0.2) is 5.96 Å². The first-order valence-electron chi connectivity index (χ1n) is 11.2. The van der Waals surface area contributed by atoms with E-state index in [2.05, 4.69) is 47.5 Å². The van der Waals surface area contributed by atoms with Crippen molar-refractivity contribution in [1.82, 2.24) is 15.1 Å². The zero-order chi connectivity index (χ0) is 21.6. The largest absolute Gasteiger partial charge is 0.357 e. The first-order valence-corrected chi connectivity index (χ1v) is 11.2. The quantitative estimate of drug-likeness (QED) is 0.187. The van der Waals surface area contributed by atoms with Crippen LogP contribution in [-0.2, 0) is 0 Å². The van der Waals surface area contributed by atoms with Crippen LogP contribution >= 0.6 is 24.0 Å². The van der Waals surface area contributed by atoms with E-state index in [1.165, 1.54) is 10.5 Å². The molecule has 1 saturated heterocycles. The van der Waals surface area contributed by atoms with Gasteiger partial charge in [-0.25, -0.2) is 0 Å². The third-order valence-corrected chi connectivity index (χ3v) is 6.02. The summed E-state index contributed by atoms with van der Waals surface area (Å²) in [4.78, 5) is 33.4. The SMILES string of the molecule is CCNC(=NCCCCN1C(=O)c2ccccc2C1=O)N1CCC(c2ccccc2)C1.I. The zero-order valence-corrected chi connectivity index (χ0v) is 20.8. The number of nitrogens with zero attached hydrogens (tertiary/aromatic N) is 3. The normalized spacial score (nSPS) is 18.0. The molecule has 1 N–H and O–H groups in total. The molecule has 2 aromatic rings. The number of hydrogen-bond donors (Lipinski definition) is 1. The van der Waals surface area contributed by atoms with Crippen molar-refractivity contribution in [3.63, 3.8) is 0 Å². The maximum Gasteiger partial charge on any atom is 0.261 e. The van der Waals surface area contributed by atoms with Gasteiger partial charge in [-0.05, 0) is 43.9 Å². The average Bonchev–Trinajstić information content (AvgIpc) is 3.38. The third-order valence-electron chi connectivity index (χ3n) is 6.02. The van der Waals surface area contributed by atoms with E-state index in [0.29, 0.717) is 30.1 Å². The second kappa shape index (κ2) is 11.4. The summed E-state index contributed by atoms with van der Waals surface area (Å²) in [7, 11) is 0. The highest BCUT2D eigenvalue weighted by molar-refractivity contribution is 14.0. The molecule has 0 bridgehead atoms. The van der Waals surface area contributed by atoms with Crippen molar-refractivity contribution >= 4 is 41.8 Å². The first-order chi connectivity index (χ1) is 15.2. The molecular weight excluding hydrogens is 515 g/mol. The van der Waals surface area contributed by atoms with Gasteiger partial charge in [-0.1, -0.05) is 42.5 Å². The minimum atomic E-state index is -0.179. The highest BCUT2D eigenvalue weighted by Gasteiger charge is 2.34. The Morgan fingerprint density at radius 2 is 1.66 bits per heavy atom. The number of benzene rings is 2. The van der Waals surface area contributed by atoms with Gasteiger partial charge < -0.3 is 10.2 Å². The molecule has 0 aromatic heterocycles. The van der Waals surface area contributed by atoms with Gasteiger partial charge in [-0.3, -0.25) is 19.5 Å². The van der Waals surface area contributed by atoms with Crippen LogP contribution in [0, 0.1) is 0 Å². The van der Waals surface area contributed by atoms with Crippen molar-refractivity contribution in [2.75, 3.05) is 32.7 Å². The minimum Gasteiger partial charge on any atom is -0.357 e. The van der Waals surface area contributed by atoms with Gasteiger partial charge in [0.2, 0.25) is 0 Å². The molecule has 0 radical (unpaired) electrons. The predicted octanol–water partition coefficient (Wildman–Crippen LogP) is 4.14. The fraction of sp³-hybridized carbons (Fsp3) is 0.400. The van der Waals surface area contributed by atoms with Crippen LogP contribution in [0.1, 0.15) is 58.4 Å². The smallest absolute Gasteiger partial charge is 0.261 e. The van der Waals surface area contributed by atoms with E-state index < -0.39 is 0 Å². The molecular formula is C25H31IN4O2. The summed E-state index contributed by atoms with van der Waals surface area (Å²) in [6.45, 7) is 6.02. The number of fused-ring (bicyclic) bond motifs is 1. The molecule has 32 heavy (non-hydrogen) atoms. The number of rotatable bonds is 7. The molecule has 2 heterocycles. The lowest BCUT2D eigenvalue weighted by Gasteiger charge is -2.22. The number of likely N-dealkylation sites (tertiary alicyclic amines) is 1. The minimum absolute atomic E-state index is 0. The highest BCUT2D eigenvalue weighted by atomic mass is 127. The molecule has 2 aliphatic heterocycles. The van der Waals surface area contributed by atoms with Gasteiger partial charge in [0, 0.05) is 38.6 Å². The van der Waals surface area contributed by atoms with Gasteiger partial charge in [-0.15, -0.1) is 24.0 Å². The summed E-state index contributed by atoms with van der Waals surface area (Å²) < 4.78 is 0. The van der Waals surface area contributed by atoms with Crippen LogP contribution in [0.4, 0.5) is 0 Å². The van der Waals surface area contributed by atoms with Gasteiger partial charge >= 0.3 is 0 Å². The van der Waals surface area contributed by atoms with Crippen LogP contribution in [0.15, 0.2) is 59.6 Å². The van der Waals surface area contributed by atoms with Gasteiger partial charge in [0.05, 0.1) is 11.1 Å². The Morgan fingerprint density at radius 1 is 1.00 bits per heavy atom. The molecule has 1 fully saturated rings. The third kappa shape index (κ3) is 5.31. The molecule has 2 aromatic carbocycles. The Balaban J connectivity index is 0.00000289. The Bertz CT molecular complexity index is 928. The number of unbranched alkanes of at least 4 members (excludes halogenated alkanes) is 1. The number of halogens is 1. The van der Waals surface area contributed by atoms with Crippen molar-refractivity contribution in [1.29, 1.82) is 0 Å². The molecule has 170 valence electrons. The summed E-state index contributed by atoms with van der Waals surface area (Å²) >= 11 is 0. The average molecular weight is 546 g/mol. The summed E-state index contributed by atoms with van der Waals surface area (Å²) in [6, 6.07) is 17.7. The molecule has 1 atom stereocenters. The van der Waals surface area contributed by atoms with Crippen LogP contribution in [0.5, 0.6) is 0 Å². The molecule has 2 amide bonds. The number of hydrogen-bond acceptors (Lipinski definition) is 3. The molecule has 1 unspecified atom stereocenters. The van der Waals surface area contributed by atoms with E-state index in [0.717, 1.165) is 44.9 Å². The first kappa shape index (κ1) is 24.2. The number of imide groups is 1. The topological polar surface area (TPSA) is 65.0 Å². The Labute approximate surface area is 207 Å². The van der Waals surface area contributed by atoms with E-state index >= 15 is 0 Å². The fourth-order valence-corrected chi connectivity index (χ4v) is 4.38. The molecule has 0 spiro atoms. The predicted molar refractivity (Wildman–Crippen MR) is 138 cm³/mol. The van der Waals surface area contributed by atoms with Crippen molar-refractivity contribution in [2.24, 2.45) is 4.99 Å². The number of aliphatic imine (C=N–C) groups is 1. The molecule has 2 aliphatic rings. The maximum absolute atomic E-state index is 12.4. The van der Waals surface area contributed by atoms with E-state index in [1.54, 1.807) is 24.3 Å².